The first-order valence-corrected chi connectivity index (χ1v) is 7.04. The summed E-state index contributed by atoms with van der Waals surface area (Å²) in [5, 5.41) is 3.17. The van der Waals surface area contributed by atoms with Crippen LogP contribution in [0.25, 0.3) is 0 Å². The maximum atomic E-state index is 12.2. The molecule has 0 aliphatic heterocycles. The lowest BCUT2D eigenvalue weighted by atomic mass is 10.2. The van der Waals surface area contributed by atoms with Crippen LogP contribution in [0.4, 0.5) is 11.5 Å². The molecule has 0 aliphatic carbocycles. The average molecular weight is 355 g/mol. The fraction of sp³-hybridized carbons (Fsp3) is 0.143. The third-order valence-electron chi connectivity index (χ3n) is 2.64. The molecule has 2 rings (SSSR count). The molecule has 1 amide bonds. The van der Waals surface area contributed by atoms with Crippen molar-refractivity contribution in [3.63, 3.8) is 0 Å². The number of carbonyl (C=O) groups is 1. The van der Waals surface area contributed by atoms with E-state index in [0.29, 0.717) is 16.3 Å². The van der Waals surface area contributed by atoms with E-state index in [4.69, 9.17) is 11.6 Å². The first kappa shape index (κ1) is 14.8. The van der Waals surface area contributed by atoms with Gasteiger partial charge in [0.2, 0.25) is 0 Å². The highest BCUT2D eigenvalue weighted by Crippen LogP contribution is 2.22. The number of amides is 1. The van der Waals surface area contributed by atoms with Gasteiger partial charge in [-0.1, -0.05) is 27.5 Å². The lowest BCUT2D eigenvalue weighted by Gasteiger charge is -2.12. The number of carbonyl (C=O) groups excluding carboxylic acids is 1. The third-order valence-corrected chi connectivity index (χ3v) is 3.46. The van der Waals surface area contributed by atoms with Crippen molar-refractivity contribution in [3.8, 4) is 0 Å². The molecular formula is C14H13BrClN3O. The molecular weight excluding hydrogens is 342 g/mol. The largest absolute Gasteiger partial charge is 0.363 e. The summed E-state index contributed by atoms with van der Waals surface area (Å²) in [5.41, 5.74) is 1.04. The number of nitrogens with zero attached hydrogens (tertiary/aromatic N) is 2. The predicted molar refractivity (Wildman–Crippen MR) is 85.7 cm³/mol. The molecule has 0 unspecified atom stereocenters. The van der Waals surface area contributed by atoms with Crippen molar-refractivity contribution in [1.82, 2.24) is 4.98 Å². The van der Waals surface area contributed by atoms with Crippen LogP contribution in [-0.2, 0) is 0 Å². The van der Waals surface area contributed by atoms with Gasteiger partial charge in [0.15, 0.2) is 0 Å². The zero-order valence-corrected chi connectivity index (χ0v) is 13.4. The Morgan fingerprint density at radius 2 is 2.05 bits per heavy atom. The van der Waals surface area contributed by atoms with E-state index in [-0.39, 0.29) is 5.91 Å². The van der Waals surface area contributed by atoms with Gasteiger partial charge in [-0.3, -0.25) is 4.79 Å². The van der Waals surface area contributed by atoms with Crippen molar-refractivity contribution in [3.05, 3.63) is 51.6 Å². The van der Waals surface area contributed by atoms with E-state index < -0.39 is 0 Å². The molecule has 0 atom stereocenters. The van der Waals surface area contributed by atoms with Crippen LogP contribution in [-0.4, -0.2) is 25.0 Å². The summed E-state index contributed by atoms with van der Waals surface area (Å²) in [5.74, 6) is 0.555. The molecule has 1 heterocycles. The van der Waals surface area contributed by atoms with Crippen molar-refractivity contribution in [2.75, 3.05) is 24.3 Å². The van der Waals surface area contributed by atoms with E-state index in [1.54, 1.807) is 30.5 Å². The number of halogens is 2. The highest BCUT2D eigenvalue weighted by molar-refractivity contribution is 9.10. The van der Waals surface area contributed by atoms with Gasteiger partial charge in [-0.2, -0.15) is 0 Å². The second kappa shape index (κ2) is 6.24. The molecule has 6 heteroatoms. The minimum atomic E-state index is -0.268. The van der Waals surface area contributed by atoms with Crippen LogP contribution in [0.3, 0.4) is 0 Å². The maximum absolute atomic E-state index is 12.2. The zero-order valence-electron chi connectivity index (χ0n) is 11.0. The molecule has 1 N–H and O–H groups in total. The Hall–Kier alpha value is -1.59. The molecule has 1 aromatic heterocycles. The minimum Gasteiger partial charge on any atom is -0.363 e. The second-order valence-corrected chi connectivity index (χ2v) is 5.70. The standard InChI is InChI=1S/C14H13BrClN3O/c1-19(2)13-6-4-10(8-17-13)18-14(20)11-7-9(15)3-5-12(11)16/h3-8H,1-2H3,(H,18,20). The van der Waals surface area contributed by atoms with Crippen molar-refractivity contribution >= 4 is 44.9 Å². The monoisotopic (exact) mass is 353 g/mol. The lowest BCUT2D eigenvalue weighted by Crippen LogP contribution is -2.14. The Morgan fingerprint density at radius 3 is 2.65 bits per heavy atom. The summed E-state index contributed by atoms with van der Waals surface area (Å²) < 4.78 is 0.799. The Morgan fingerprint density at radius 1 is 1.30 bits per heavy atom. The third kappa shape index (κ3) is 3.49. The summed E-state index contributed by atoms with van der Waals surface area (Å²) in [6, 6.07) is 8.77. The van der Waals surface area contributed by atoms with Gasteiger partial charge in [-0.05, 0) is 30.3 Å². The van der Waals surface area contributed by atoms with Gasteiger partial charge in [0.25, 0.3) is 5.91 Å². The molecule has 0 bridgehead atoms. The van der Waals surface area contributed by atoms with E-state index >= 15 is 0 Å². The highest BCUT2D eigenvalue weighted by atomic mass is 79.9. The zero-order chi connectivity index (χ0) is 14.7. The maximum Gasteiger partial charge on any atom is 0.257 e. The number of aromatic nitrogens is 1. The highest BCUT2D eigenvalue weighted by Gasteiger charge is 2.11. The second-order valence-electron chi connectivity index (χ2n) is 4.38. The van der Waals surface area contributed by atoms with Gasteiger partial charge >= 0.3 is 0 Å². The molecule has 0 aliphatic rings. The Kier molecular flexibility index (Phi) is 4.62. The first-order valence-electron chi connectivity index (χ1n) is 5.87. The molecule has 4 nitrogen and oxygen atoms in total. The van der Waals surface area contributed by atoms with Crippen LogP contribution in [0.2, 0.25) is 5.02 Å². The quantitative estimate of drug-likeness (QED) is 0.911. The van der Waals surface area contributed by atoms with E-state index in [1.165, 1.54) is 0 Å². The van der Waals surface area contributed by atoms with Crippen LogP contribution < -0.4 is 10.2 Å². The summed E-state index contributed by atoms with van der Waals surface area (Å²) in [7, 11) is 3.81. The van der Waals surface area contributed by atoms with E-state index in [9.17, 15) is 4.79 Å². The fourth-order valence-electron chi connectivity index (χ4n) is 1.59. The van der Waals surface area contributed by atoms with Crippen molar-refractivity contribution in [1.29, 1.82) is 0 Å². The van der Waals surface area contributed by atoms with Gasteiger partial charge in [0.1, 0.15) is 5.82 Å². The van der Waals surface area contributed by atoms with E-state index in [0.717, 1.165) is 10.3 Å². The number of nitrogens with one attached hydrogen (secondary N) is 1. The first-order chi connectivity index (χ1) is 9.47. The van der Waals surface area contributed by atoms with E-state index in [2.05, 4.69) is 26.2 Å². The van der Waals surface area contributed by atoms with Gasteiger partial charge in [-0.25, -0.2) is 4.98 Å². The van der Waals surface area contributed by atoms with Crippen LogP contribution in [0.5, 0.6) is 0 Å². The Labute approximate surface area is 130 Å². The van der Waals surface area contributed by atoms with Crippen LogP contribution in [0, 0.1) is 0 Å². The molecule has 0 spiro atoms. The topological polar surface area (TPSA) is 45.2 Å². The van der Waals surface area contributed by atoms with Gasteiger partial charge in [-0.15, -0.1) is 0 Å². The van der Waals surface area contributed by atoms with E-state index in [1.807, 2.05) is 25.1 Å². The van der Waals surface area contributed by atoms with Crippen LogP contribution in [0.1, 0.15) is 10.4 Å². The average Bonchev–Trinajstić information content (AvgIpc) is 2.42. The number of benzene rings is 1. The molecule has 0 saturated heterocycles. The molecule has 1 aromatic carbocycles. The normalized spacial score (nSPS) is 10.2. The Bertz CT molecular complexity index is 629. The molecule has 0 fully saturated rings. The molecule has 104 valence electrons. The van der Waals surface area contributed by atoms with Gasteiger partial charge in [0.05, 0.1) is 22.5 Å². The van der Waals surface area contributed by atoms with Crippen LogP contribution in [0.15, 0.2) is 41.0 Å². The summed E-state index contributed by atoms with van der Waals surface area (Å²) in [4.78, 5) is 18.3. The molecule has 20 heavy (non-hydrogen) atoms. The minimum absolute atomic E-state index is 0.268. The number of rotatable bonds is 3. The smallest absolute Gasteiger partial charge is 0.257 e. The summed E-state index contributed by atoms with van der Waals surface area (Å²) in [6.45, 7) is 0. The number of hydrogen-bond donors (Lipinski definition) is 1. The SMILES string of the molecule is CN(C)c1ccc(NC(=O)c2cc(Br)ccc2Cl)cn1. The summed E-state index contributed by atoms with van der Waals surface area (Å²) >= 11 is 9.34. The molecule has 0 saturated carbocycles. The number of hydrogen-bond acceptors (Lipinski definition) is 3. The van der Waals surface area contributed by atoms with Crippen molar-refractivity contribution in [2.24, 2.45) is 0 Å². The number of anilines is 2. The lowest BCUT2D eigenvalue weighted by molar-refractivity contribution is 0.102. The summed E-state index contributed by atoms with van der Waals surface area (Å²) in [6.07, 6.45) is 1.61. The van der Waals surface area contributed by atoms with Crippen molar-refractivity contribution < 1.29 is 4.79 Å². The molecule has 0 radical (unpaired) electrons. The predicted octanol–water partition coefficient (Wildman–Crippen LogP) is 3.82. The Balaban J connectivity index is 2.17. The van der Waals surface area contributed by atoms with Crippen LogP contribution >= 0.6 is 27.5 Å². The van der Waals surface area contributed by atoms with Gasteiger partial charge in [0, 0.05) is 18.6 Å². The number of pyridine rings is 1. The van der Waals surface area contributed by atoms with Crippen molar-refractivity contribution in [2.45, 2.75) is 0 Å². The fourth-order valence-corrected chi connectivity index (χ4v) is 2.16. The van der Waals surface area contributed by atoms with Gasteiger partial charge < -0.3 is 10.2 Å². The molecule has 2 aromatic rings.